The van der Waals surface area contributed by atoms with Crippen molar-refractivity contribution < 1.29 is 19.4 Å². The third-order valence-electron chi connectivity index (χ3n) is 3.97. The van der Waals surface area contributed by atoms with Crippen LogP contribution >= 0.6 is 0 Å². The normalized spacial score (nSPS) is 25.8. The molecule has 114 valence electrons. The van der Waals surface area contributed by atoms with Crippen LogP contribution in [0.1, 0.15) is 39.5 Å². The molecule has 0 radical (unpaired) electrons. The van der Waals surface area contributed by atoms with Gasteiger partial charge in [-0.25, -0.2) is 9.59 Å². The molecule has 0 spiro atoms. The Morgan fingerprint density at radius 1 is 1.45 bits per heavy atom. The van der Waals surface area contributed by atoms with Crippen LogP contribution < -0.4 is 5.32 Å². The molecule has 1 saturated carbocycles. The zero-order chi connectivity index (χ0) is 14.8. The Morgan fingerprint density at radius 3 is 2.60 bits per heavy atom. The number of urea groups is 1. The molecule has 0 aromatic carbocycles. The first kappa shape index (κ1) is 15.1. The lowest BCUT2D eigenvalue weighted by atomic mass is 9.99. The largest absolute Gasteiger partial charge is 0.479 e. The van der Waals surface area contributed by atoms with Crippen molar-refractivity contribution in [3.8, 4) is 0 Å². The van der Waals surface area contributed by atoms with Gasteiger partial charge in [-0.15, -0.1) is 0 Å². The zero-order valence-corrected chi connectivity index (χ0v) is 12.2. The predicted octanol–water partition coefficient (Wildman–Crippen LogP) is 1.45. The Hall–Kier alpha value is -1.30. The van der Waals surface area contributed by atoms with E-state index in [9.17, 15) is 14.7 Å². The zero-order valence-electron chi connectivity index (χ0n) is 12.2. The fourth-order valence-electron chi connectivity index (χ4n) is 2.40. The summed E-state index contributed by atoms with van der Waals surface area (Å²) in [7, 11) is 0. The Bertz CT molecular complexity index is 373. The van der Waals surface area contributed by atoms with E-state index in [1.54, 1.807) is 4.90 Å². The first-order valence-electron chi connectivity index (χ1n) is 7.34. The second-order valence-corrected chi connectivity index (χ2v) is 6.23. The lowest BCUT2D eigenvalue weighted by Crippen LogP contribution is -2.59. The first-order chi connectivity index (χ1) is 9.44. The van der Waals surface area contributed by atoms with E-state index in [0.29, 0.717) is 25.5 Å². The first-order valence-corrected chi connectivity index (χ1v) is 7.34. The molecule has 0 aromatic rings. The molecule has 2 N–H and O–H groups in total. The van der Waals surface area contributed by atoms with Gasteiger partial charge >= 0.3 is 12.0 Å². The van der Waals surface area contributed by atoms with E-state index in [1.807, 2.05) is 0 Å². The van der Waals surface area contributed by atoms with Crippen molar-refractivity contribution in [1.82, 2.24) is 10.2 Å². The maximum atomic E-state index is 12.4. The molecule has 2 rings (SSSR count). The molecule has 0 bridgehead atoms. The number of carboxylic acids is 1. The van der Waals surface area contributed by atoms with Crippen LogP contribution in [-0.2, 0) is 9.53 Å². The van der Waals surface area contributed by atoms with E-state index in [1.165, 1.54) is 0 Å². The van der Waals surface area contributed by atoms with Gasteiger partial charge < -0.3 is 20.1 Å². The molecular formula is C14H24N2O4. The number of carbonyl (C=O) groups is 2. The second-order valence-electron chi connectivity index (χ2n) is 6.23. The molecule has 1 unspecified atom stereocenters. The minimum atomic E-state index is -1.25. The van der Waals surface area contributed by atoms with Gasteiger partial charge in [-0.2, -0.15) is 0 Å². The Balaban J connectivity index is 1.98. The average molecular weight is 284 g/mol. The summed E-state index contributed by atoms with van der Waals surface area (Å²) in [5.74, 6) is -0.491. The van der Waals surface area contributed by atoms with E-state index < -0.39 is 11.5 Å². The van der Waals surface area contributed by atoms with Crippen molar-refractivity contribution in [1.29, 1.82) is 0 Å². The highest BCUT2D eigenvalue weighted by molar-refractivity contribution is 5.87. The van der Waals surface area contributed by atoms with Crippen LogP contribution in [0.2, 0.25) is 0 Å². The summed E-state index contributed by atoms with van der Waals surface area (Å²) in [6.07, 6.45) is 3.29. The fraction of sp³-hybridized carbons (Fsp3) is 0.857. The molecule has 1 aliphatic carbocycles. The standard InChI is InChI=1S/C14H24N2O4/c1-10(2)5-7-16(11-3-4-11)13(19)15-14(12(17)18)6-8-20-9-14/h10-11H,3-9H2,1-2H3,(H,15,19)(H,17,18). The van der Waals surface area contributed by atoms with Gasteiger partial charge in [0.15, 0.2) is 5.54 Å². The van der Waals surface area contributed by atoms with Crippen molar-refractivity contribution >= 4 is 12.0 Å². The quantitative estimate of drug-likeness (QED) is 0.774. The summed E-state index contributed by atoms with van der Waals surface area (Å²) in [5.41, 5.74) is -1.25. The molecule has 0 aromatic heterocycles. The van der Waals surface area contributed by atoms with Crippen LogP contribution in [0.4, 0.5) is 4.79 Å². The number of amides is 2. The number of hydrogen-bond acceptors (Lipinski definition) is 3. The summed E-state index contributed by atoms with van der Waals surface area (Å²) < 4.78 is 5.16. The number of carbonyl (C=O) groups excluding carboxylic acids is 1. The number of carboxylic acid groups (broad SMARTS) is 1. The van der Waals surface area contributed by atoms with Crippen LogP contribution in [0.25, 0.3) is 0 Å². The molecule has 6 heteroatoms. The monoisotopic (exact) mass is 284 g/mol. The van der Waals surface area contributed by atoms with E-state index in [-0.39, 0.29) is 18.7 Å². The highest BCUT2D eigenvalue weighted by Gasteiger charge is 2.46. The third-order valence-corrected chi connectivity index (χ3v) is 3.97. The van der Waals surface area contributed by atoms with Crippen LogP contribution in [0, 0.1) is 5.92 Å². The Kier molecular flexibility index (Phi) is 4.52. The number of rotatable bonds is 6. The number of nitrogens with one attached hydrogen (secondary N) is 1. The Labute approximate surface area is 119 Å². The van der Waals surface area contributed by atoms with Gasteiger partial charge in [-0.05, 0) is 25.2 Å². The SMILES string of the molecule is CC(C)CCN(C(=O)NC1(C(=O)O)CCOC1)C1CC1. The third kappa shape index (κ3) is 3.42. The molecule has 1 heterocycles. The molecule has 20 heavy (non-hydrogen) atoms. The molecule has 1 atom stereocenters. The van der Waals surface area contributed by atoms with Crippen molar-refractivity contribution in [2.45, 2.75) is 51.1 Å². The van der Waals surface area contributed by atoms with Gasteiger partial charge in [0.1, 0.15) is 0 Å². The van der Waals surface area contributed by atoms with E-state index in [0.717, 1.165) is 19.3 Å². The van der Waals surface area contributed by atoms with E-state index >= 15 is 0 Å². The van der Waals surface area contributed by atoms with Crippen molar-refractivity contribution in [2.75, 3.05) is 19.8 Å². The molecule has 1 aliphatic heterocycles. The van der Waals surface area contributed by atoms with Crippen molar-refractivity contribution in [2.24, 2.45) is 5.92 Å². The Morgan fingerprint density at radius 2 is 2.15 bits per heavy atom. The lowest BCUT2D eigenvalue weighted by Gasteiger charge is -2.30. The van der Waals surface area contributed by atoms with Crippen LogP contribution in [0.3, 0.4) is 0 Å². The minimum Gasteiger partial charge on any atom is -0.479 e. The van der Waals surface area contributed by atoms with Crippen LogP contribution in [0.5, 0.6) is 0 Å². The topological polar surface area (TPSA) is 78.9 Å². The molecular weight excluding hydrogens is 260 g/mol. The number of ether oxygens (including phenoxy) is 1. The predicted molar refractivity (Wildman–Crippen MR) is 73.5 cm³/mol. The van der Waals surface area contributed by atoms with Gasteiger partial charge in [0.2, 0.25) is 0 Å². The summed E-state index contributed by atoms with van der Waals surface area (Å²) in [5, 5.41) is 12.1. The minimum absolute atomic E-state index is 0.0523. The van der Waals surface area contributed by atoms with Crippen LogP contribution in [-0.4, -0.2) is 53.3 Å². The number of hydrogen-bond donors (Lipinski definition) is 2. The van der Waals surface area contributed by atoms with E-state index in [4.69, 9.17) is 4.74 Å². The fourth-order valence-corrected chi connectivity index (χ4v) is 2.40. The summed E-state index contributed by atoms with van der Waals surface area (Å²) >= 11 is 0. The lowest BCUT2D eigenvalue weighted by molar-refractivity contribution is -0.144. The average Bonchev–Trinajstić information content (AvgIpc) is 3.08. The highest BCUT2D eigenvalue weighted by Crippen LogP contribution is 2.28. The highest BCUT2D eigenvalue weighted by atomic mass is 16.5. The van der Waals surface area contributed by atoms with E-state index in [2.05, 4.69) is 19.2 Å². The summed E-state index contributed by atoms with van der Waals surface area (Å²) in [4.78, 5) is 25.6. The van der Waals surface area contributed by atoms with Gasteiger partial charge in [-0.3, -0.25) is 0 Å². The second kappa shape index (κ2) is 5.99. The molecule has 1 saturated heterocycles. The number of aliphatic carboxylic acids is 1. The van der Waals surface area contributed by atoms with Gasteiger partial charge in [0, 0.05) is 25.6 Å². The van der Waals surface area contributed by atoms with Crippen molar-refractivity contribution in [3.05, 3.63) is 0 Å². The van der Waals surface area contributed by atoms with Gasteiger partial charge in [0.05, 0.1) is 6.61 Å². The molecule has 6 nitrogen and oxygen atoms in total. The smallest absolute Gasteiger partial charge is 0.332 e. The van der Waals surface area contributed by atoms with Crippen LogP contribution in [0.15, 0.2) is 0 Å². The molecule has 2 aliphatic rings. The molecule has 2 amide bonds. The number of nitrogens with zero attached hydrogens (tertiary/aromatic N) is 1. The summed E-state index contributed by atoms with van der Waals surface area (Å²) in [6, 6.07) is 0.0166. The van der Waals surface area contributed by atoms with Gasteiger partial charge in [0.25, 0.3) is 0 Å². The van der Waals surface area contributed by atoms with Crippen molar-refractivity contribution in [3.63, 3.8) is 0 Å². The van der Waals surface area contributed by atoms with Gasteiger partial charge in [-0.1, -0.05) is 13.8 Å². The maximum Gasteiger partial charge on any atom is 0.332 e. The molecule has 2 fully saturated rings. The summed E-state index contributed by atoms with van der Waals surface area (Å²) in [6.45, 7) is 5.35. The maximum absolute atomic E-state index is 12.4.